The lowest BCUT2D eigenvalue weighted by atomic mass is 10.0. The van der Waals surface area contributed by atoms with Crippen LogP contribution in [0.2, 0.25) is 0 Å². The van der Waals surface area contributed by atoms with E-state index in [0.29, 0.717) is 0 Å². The van der Waals surface area contributed by atoms with Crippen molar-refractivity contribution < 1.29 is 0 Å². The maximum atomic E-state index is 2.49. The molecule has 0 saturated carbocycles. The Morgan fingerprint density at radius 2 is 0.915 bits per heavy atom. The minimum atomic E-state index is 1.17. The van der Waals surface area contributed by atoms with Crippen molar-refractivity contribution in [2.45, 2.75) is 0 Å². The summed E-state index contributed by atoms with van der Waals surface area (Å²) >= 11 is 1.88. The Balaban J connectivity index is 1.33. The van der Waals surface area contributed by atoms with E-state index >= 15 is 0 Å². The van der Waals surface area contributed by atoms with E-state index in [-0.39, 0.29) is 0 Å². The zero-order chi connectivity index (χ0) is 30.6. The molecule has 3 aromatic heterocycles. The van der Waals surface area contributed by atoms with Gasteiger partial charge in [0, 0.05) is 58.5 Å². The predicted octanol–water partition coefficient (Wildman–Crippen LogP) is 12.6. The lowest BCUT2D eigenvalue weighted by Crippen LogP contribution is -1.95. The zero-order valence-electron chi connectivity index (χ0n) is 25.3. The van der Waals surface area contributed by atoms with Gasteiger partial charge in [0.2, 0.25) is 0 Å². The van der Waals surface area contributed by atoms with E-state index in [1.165, 1.54) is 96.7 Å². The summed E-state index contributed by atoms with van der Waals surface area (Å²) in [5, 5.41) is 12.7. The van der Waals surface area contributed by atoms with Gasteiger partial charge in [-0.3, -0.25) is 0 Å². The fourth-order valence-electron chi connectivity index (χ4n) is 7.95. The van der Waals surface area contributed by atoms with Gasteiger partial charge >= 0.3 is 0 Å². The van der Waals surface area contributed by atoms with Gasteiger partial charge in [-0.15, -0.1) is 11.3 Å². The van der Waals surface area contributed by atoms with Crippen molar-refractivity contribution in [2.75, 3.05) is 0 Å². The van der Waals surface area contributed by atoms with Gasteiger partial charge in [0.1, 0.15) is 0 Å². The minimum Gasteiger partial charge on any atom is -0.309 e. The first-order valence-corrected chi connectivity index (χ1v) is 16.9. The van der Waals surface area contributed by atoms with Crippen molar-refractivity contribution in [3.63, 3.8) is 0 Å². The first-order valence-electron chi connectivity index (χ1n) is 16.1. The van der Waals surface area contributed by atoms with Crippen molar-refractivity contribution >= 4 is 96.7 Å². The molecule has 0 bridgehead atoms. The second-order valence-corrected chi connectivity index (χ2v) is 13.7. The monoisotopic (exact) mass is 614 g/mol. The lowest BCUT2D eigenvalue weighted by molar-refractivity contribution is 1.18. The maximum Gasteiger partial charge on any atom is 0.0619 e. The lowest BCUT2D eigenvalue weighted by Gasteiger charge is -2.10. The number of rotatable bonds is 2. The molecule has 2 nitrogen and oxygen atoms in total. The van der Waals surface area contributed by atoms with Crippen LogP contribution >= 0.6 is 11.3 Å². The van der Waals surface area contributed by atoms with E-state index in [9.17, 15) is 0 Å². The third-order valence-electron chi connectivity index (χ3n) is 10.0. The van der Waals surface area contributed by atoms with Gasteiger partial charge in [-0.05, 0) is 70.8 Å². The van der Waals surface area contributed by atoms with Crippen molar-refractivity contribution in [3.8, 4) is 11.4 Å². The number of benzene rings is 8. The third-order valence-corrected chi connectivity index (χ3v) is 11.2. The van der Waals surface area contributed by atoms with Gasteiger partial charge in [-0.1, -0.05) is 103 Å². The van der Waals surface area contributed by atoms with Gasteiger partial charge in [-0.2, -0.15) is 0 Å². The summed E-state index contributed by atoms with van der Waals surface area (Å²) in [6, 6.07) is 58.3. The van der Waals surface area contributed by atoms with E-state index in [1.807, 2.05) is 11.3 Å². The molecule has 11 rings (SSSR count). The highest BCUT2D eigenvalue weighted by molar-refractivity contribution is 7.25. The Morgan fingerprint density at radius 3 is 1.77 bits per heavy atom. The average Bonchev–Trinajstić information content (AvgIpc) is 3.76. The molecule has 0 N–H and O–H groups in total. The highest BCUT2D eigenvalue weighted by Crippen LogP contribution is 2.43. The third kappa shape index (κ3) is 3.49. The molecule has 0 unspecified atom stereocenters. The van der Waals surface area contributed by atoms with Crippen LogP contribution in [0.5, 0.6) is 0 Å². The summed E-state index contributed by atoms with van der Waals surface area (Å²) < 4.78 is 7.61. The van der Waals surface area contributed by atoms with E-state index in [1.54, 1.807) is 0 Å². The molecule has 0 saturated heterocycles. The second kappa shape index (κ2) is 9.32. The van der Waals surface area contributed by atoms with Crippen LogP contribution in [0, 0.1) is 0 Å². The van der Waals surface area contributed by atoms with Crippen LogP contribution in [0.25, 0.3) is 96.7 Å². The fourth-order valence-corrected chi connectivity index (χ4v) is 9.09. The molecule has 0 fully saturated rings. The Labute approximate surface area is 273 Å². The number of fused-ring (bicyclic) bond motifs is 12. The highest BCUT2D eigenvalue weighted by Gasteiger charge is 2.20. The van der Waals surface area contributed by atoms with Crippen molar-refractivity contribution in [3.05, 3.63) is 158 Å². The second-order valence-electron chi connectivity index (χ2n) is 12.6. The summed E-state index contributed by atoms with van der Waals surface area (Å²) in [7, 11) is 0. The van der Waals surface area contributed by atoms with Gasteiger partial charge in [0.15, 0.2) is 0 Å². The molecule has 0 atom stereocenters. The van der Waals surface area contributed by atoms with Crippen LogP contribution in [0.15, 0.2) is 158 Å². The summed E-state index contributed by atoms with van der Waals surface area (Å²) in [6.07, 6.45) is 0. The SMILES string of the molecule is c1ccc(-n2c3cc4c5cc6ccccc6cc5n(-c5ccc6c(c5)sc5ccccc56)c4cc3c3ccc4ccccc4c32)cc1. The van der Waals surface area contributed by atoms with E-state index in [2.05, 4.69) is 167 Å². The molecule has 0 amide bonds. The van der Waals surface area contributed by atoms with Crippen LogP contribution in [0.3, 0.4) is 0 Å². The van der Waals surface area contributed by atoms with Crippen LogP contribution in [0.1, 0.15) is 0 Å². The molecule has 8 aromatic carbocycles. The number of hydrogen-bond donors (Lipinski definition) is 0. The van der Waals surface area contributed by atoms with E-state index in [0.717, 1.165) is 0 Å². The molecule has 47 heavy (non-hydrogen) atoms. The number of aromatic nitrogens is 2. The average molecular weight is 615 g/mol. The Kier molecular flexibility index (Phi) is 5.02. The number of nitrogens with zero attached hydrogens (tertiary/aromatic N) is 2. The fraction of sp³-hybridized carbons (Fsp3) is 0. The molecular weight excluding hydrogens is 589 g/mol. The molecule has 3 heterocycles. The predicted molar refractivity (Wildman–Crippen MR) is 203 cm³/mol. The standard InChI is InChI=1S/C44H26N2S/c1-2-13-30(14-3-1)46-41-26-38-36-22-28-11-4-5-12-29(28)23-39(36)45(31-19-21-34-33-16-8-9-17-42(33)47-43(34)24-31)40(38)25-37(41)35-20-18-27-10-6-7-15-32(27)44(35)46/h1-26H. The molecule has 218 valence electrons. The zero-order valence-corrected chi connectivity index (χ0v) is 26.1. The van der Waals surface area contributed by atoms with Crippen LogP contribution in [-0.2, 0) is 0 Å². The Hall–Kier alpha value is -5.90. The Morgan fingerprint density at radius 1 is 0.319 bits per heavy atom. The highest BCUT2D eigenvalue weighted by atomic mass is 32.1. The van der Waals surface area contributed by atoms with Crippen LogP contribution < -0.4 is 0 Å². The van der Waals surface area contributed by atoms with Gasteiger partial charge in [0.05, 0.1) is 22.1 Å². The largest absolute Gasteiger partial charge is 0.309 e. The molecular formula is C44H26N2S. The van der Waals surface area contributed by atoms with Crippen molar-refractivity contribution in [1.82, 2.24) is 9.13 Å². The van der Waals surface area contributed by atoms with Gasteiger partial charge in [0.25, 0.3) is 0 Å². The normalized spacial score (nSPS) is 12.3. The van der Waals surface area contributed by atoms with Gasteiger partial charge in [-0.25, -0.2) is 0 Å². The number of hydrogen-bond acceptors (Lipinski definition) is 1. The van der Waals surface area contributed by atoms with Crippen molar-refractivity contribution in [1.29, 1.82) is 0 Å². The number of thiophene rings is 1. The first kappa shape index (κ1) is 25.3. The molecule has 11 aromatic rings. The summed E-state index contributed by atoms with van der Waals surface area (Å²) in [5.74, 6) is 0. The summed E-state index contributed by atoms with van der Waals surface area (Å²) in [6.45, 7) is 0. The molecule has 0 radical (unpaired) electrons. The smallest absolute Gasteiger partial charge is 0.0619 e. The minimum absolute atomic E-state index is 1.17. The first-order chi connectivity index (χ1) is 23.3. The molecule has 0 spiro atoms. The number of para-hydroxylation sites is 1. The summed E-state index contributed by atoms with van der Waals surface area (Å²) in [4.78, 5) is 0. The van der Waals surface area contributed by atoms with E-state index in [4.69, 9.17) is 0 Å². The van der Waals surface area contributed by atoms with Crippen LogP contribution in [0.4, 0.5) is 0 Å². The van der Waals surface area contributed by atoms with Crippen molar-refractivity contribution in [2.24, 2.45) is 0 Å². The quantitative estimate of drug-likeness (QED) is 0.183. The molecule has 0 aliphatic rings. The topological polar surface area (TPSA) is 9.86 Å². The maximum absolute atomic E-state index is 2.49. The molecule has 0 aliphatic carbocycles. The van der Waals surface area contributed by atoms with Crippen LogP contribution in [-0.4, -0.2) is 9.13 Å². The summed E-state index contributed by atoms with van der Waals surface area (Å²) in [5.41, 5.74) is 7.30. The Bertz CT molecular complexity index is 3070. The molecule has 3 heteroatoms. The molecule has 0 aliphatic heterocycles. The van der Waals surface area contributed by atoms with Gasteiger partial charge < -0.3 is 9.13 Å². The van der Waals surface area contributed by atoms with E-state index < -0.39 is 0 Å².